The Kier molecular flexibility index (Phi) is 3.46. The number of para-hydroxylation sites is 1. The van der Waals surface area contributed by atoms with Crippen LogP contribution >= 0.6 is 0 Å². The third kappa shape index (κ3) is 2.42. The number of hydrogen-bond donors (Lipinski definition) is 2. The van der Waals surface area contributed by atoms with Gasteiger partial charge in [-0.25, -0.2) is 4.21 Å². The molecule has 3 N–H and O–H groups in total. The molecule has 0 radical (unpaired) electrons. The third-order valence-electron chi connectivity index (χ3n) is 3.62. The maximum absolute atomic E-state index is 11.4. The van der Waals surface area contributed by atoms with E-state index in [1.54, 1.807) is 12.1 Å². The van der Waals surface area contributed by atoms with Crippen molar-refractivity contribution in [1.82, 2.24) is 0 Å². The monoisotopic (exact) mass is 288 g/mol. The van der Waals surface area contributed by atoms with Crippen molar-refractivity contribution in [2.75, 3.05) is 17.2 Å². The van der Waals surface area contributed by atoms with E-state index < -0.39 is 11.1 Å². The van der Waals surface area contributed by atoms with E-state index in [4.69, 9.17) is 5.73 Å². The molecule has 1 heterocycles. The topological polar surface area (TPSA) is 66.6 Å². The number of hydrogen-bond acceptors (Lipinski definition) is 3. The molecule has 3 rings (SSSR count). The molecule has 0 saturated carbocycles. The van der Waals surface area contributed by atoms with Crippen molar-refractivity contribution in [3.63, 3.8) is 0 Å². The van der Waals surface area contributed by atoms with Crippen LogP contribution in [0.1, 0.15) is 11.1 Å². The first-order valence-electron chi connectivity index (χ1n) is 6.47. The second kappa shape index (κ2) is 5.26. The number of benzene rings is 2. The Bertz CT molecular complexity index is 673. The summed E-state index contributed by atoms with van der Waals surface area (Å²) >= 11 is -2.02. The molecule has 0 bridgehead atoms. The highest BCUT2D eigenvalue weighted by atomic mass is 32.2. The molecule has 2 aromatic carbocycles. The van der Waals surface area contributed by atoms with E-state index in [0.29, 0.717) is 17.1 Å². The van der Waals surface area contributed by atoms with Crippen LogP contribution in [0.15, 0.2) is 47.4 Å². The van der Waals surface area contributed by atoms with Crippen LogP contribution in [0, 0.1) is 0 Å². The van der Waals surface area contributed by atoms with Crippen molar-refractivity contribution >= 4 is 22.5 Å². The van der Waals surface area contributed by atoms with Gasteiger partial charge in [0.05, 0.1) is 4.90 Å². The van der Waals surface area contributed by atoms with Crippen molar-refractivity contribution in [2.24, 2.45) is 0 Å². The number of nitrogen functional groups attached to an aromatic ring is 1. The van der Waals surface area contributed by atoms with Gasteiger partial charge in [0.2, 0.25) is 0 Å². The minimum atomic E-state index is -2.02. The molecule has 0 saturated heterocycles. The zero-order valence-electron chi connectivity index (χ0n) is 11.0. The lowest BCUT2D eigenvalue weighted by molar-refractivity contribution is 0.563. The second-order valence-corrected chi connectivity index (χ2v) is 5.85. The minimum absolute atomic E-state index is 0.398. The van der Waals surface area contributed by atoms with Gasteiger partial charge in [-0.05, 0) is 35.7 Å². The minimum Gasteiger partial charge on any atom is -0.399 e. The maximum atomic E-state index is 11.4. The highest BCUT2D eigenvalue weighted by molar-refractivity contribution is 7.79. The lowest BCUT2D eigenvalue weighted by Gasteiger charge is -2.20. The summed E-state index contributed by atoms with van der Waals surface area (Å²) in [5.74, 6) is 0. The molecule has 4 nitrogen and oxygen atoms in total. The molecule has 5 heteroatoms. The molecule has 0 aliphatic carbocycles. The van der Waals surface area contributed by atoms with Gasteiger partial charge in [-0.3, -0.25) is 0 Å². The summed E-state index contributed by atoms with van der Waals surface area (Å²) in [6.45, 7) is 1.56. The summed E-state index contributed by atoms with van der Waals surface area (Å²) in [6, 6.07) is 13.5. The predicted molar refractivity (Wildman–Crippen MR) is 81.1 cm³/mol. The van der Waals surface area contributed by atoms with Crippen LogP contribution in [0.2, 0.25) is 0 Å². The average Bonchev–Trinajstić information content (AvgIpc) is 2.84. The van der Waals surface area contributed by atoms with Gasteiger partial charge in [0, 0.05) is 24.5 Å². The van der Waals surface area contributed by atoms with E-state index in [1.807, 2.05) is 18.2 Å². The van der Waals surface area contributed by atoms with E-state index in [2.05, 4.69) is 17.0 Å². The van der Waals surface area contributed by atoms with E-state index in [1.165, 1.54) is 11.3 Å². The van der Waals surface area contributed by atoms with Crippen LogP contribution in [-0.2, 0) is 24.0 Å². The largest absolute Gasteiger partial charge is 0.399 e. The standard InChI is InChI=1S/C15H16N2O2S/c16-13-6-5-12(15(9-13)20(18)19)10-17-8-7-11-3-1-2-4-14(11)17/h1-6,9H,7-8,10,16H2,(H,18,19). The SMILES string of the molecule is Nc1ccc(CN2CCc3ccccc32)c(S(=O)O)c1. The molecule has 0 aromatic heterocycles. The fourth-order valence-corrected chi connectivity index (χ4v) is 3.23. The van der Waals surface area contributed by atoms with Gasteiger partial charge in [0.15, 0.2) is 11.1 Å². The van der Waals surface area contributed by atoms with Crippen molar-refractivity contribution < 1.29 is 8.76 Å². The van der Waals surface area contributed by atoms with E-state index in [-0.39, 0.29) is 0 Å². The van der Waals surface area contributed by atoms with E-state index >= 15 is 0 Å². The highest BCUT2D eigenvalue weighted by Gasteiger charge is 2.20. The smallest absolute Gasteiger partial charge is 0.186 e. The number of fused-ring (bicyclic) bond motifs is 1. The summed E-state index contributed by atoms with van der Waals surface area (Å²) in [5, 5.41) is 0. The summed E-state index contributed by atoms with van der Waals surface area (Å²) < 4.78 is 20.8. The Morgan fingerprint density at radius 1 is 1.25 bits per heavy atom. The first-order chi connectivity index (χ1) is 9.65. The number of nitrogens with two attached hydrogens (primary N) is 1. The molecule has 104 valence electrons. The summed E-state index contributed by atoms with van der Waals surface area (Å²) in [5.41, 5.74) is 9.58. The first kappa shape index (κ1) is 13.1. The Hall–Kier alpha value is -1.85. The highest BCUT2D eigenvalue weighted by Crippen LogP contribution is 2.30. The van der Waals surface area contributed by atoms with Gasteiger partial charge in [0.1, 0.15) is 0 Å². The lowest BCUT2D eigenvalue weighted by Crippen LogP contribution is -2.20. The summed E-state index contributed by atoms with van der Waals surface area (Å²) in [6.07, 6.45) is 1.02. The van der Waals surface area contributed by atoms with Gasteiger partial charge < -0.3 is 15.2 Å². The fraction of sp³-hybridized carbons (Fsp3) is 0.200. The molecule has 1 aliphatic rings. The molecular formula is C15H16N2O2S. The fourth-order valence-electron chi connectivity index (χ4n) is 2.64. The summed E-state index contributed by atoms with van der Waals surface area (Å²) in [4.78, 5) is 2.63. The Morgan fingerprint density at radius 3 is 2.85 bits per heavy atom. The zero-order valence-corrected chi connectivity index (χ0v) is 11.8. The quantitative estimate of drug-likeness (QED) is 0.672. The number of anilines is 2. The van der Waals surface area contributed by atoms with Crippen LogP contribution in [0.3, 0.4) is 0 Å². The van der Waals surface area contributed by atoms with Crippen molar-refractivity contribution in [3.05, 3.63) is 53.6 Å². The van der Waals surface area contributed by atoms with Crippen molar-refractivity contribution in [2.45, 2.75) is 17.9 Å². The molecule has 0 amide bonds. The average molecular weight is 288 g/mol. The van der Waals surface area contributed by atoms with Crippen LogP contribution in [0.25, 0.3) is 0 Å². The van der Waals surface area contributed by atoms with Crippen LogP contribution in [0.4, 0.5) is 11.4 Å². The van der Waals surface area contributed by atoms with Crippen LogP contribution in [-0.4, -0.2) is 15.3 Å². The molecule has 0 spiro atoms. The molecule has 1 aliphatic heterocycles. The number of nitrogens with zero attached hydrogens (tertiary/aromatic N) is 1. The zero-order chi connectivity index (χ0) is 14.1. The maximum Gasteiger partial charge on any atom is 0.186 e. The molecular weight excluding hydrogens is 272 g/mol. The third-order valence-corrected chi connectivity index (χ3v) is 4.38. The van der Waals surface area contributed by atoms with Gasteiger partial charge in [-0.15, -0.1) is 0 Å². The Balaban J connectivity index is 1.92. The second-order valence-electron chi connectivity index (χ2n) is 4.92. The normalized spacial score (nSPS) is 15.2. The number of rotatable bonds is 3. The first-order valence-corrected chi connectivity index (χ1v) is 7.58. The molecule has 0 fully saturated rings. The van der Waals surface area contributed by atoms with E-state index in [0.717, 1.165) is 18.5 Å². The van der Waals surface area contributed by atoms with Crippen molar-refractivity contribution in [1.29, 1.82) is 0 Å². The lowest BCUT2D eigenvalue weighted by atomic mass is 10.1. The Morgan fingerprint density at radius 2 is 2.05 bits per heavy atom. The predicted octanol–water partition coefficient (Wildman–Crippen LogP) is 2.41. The van der Waals surface area contributed by atoms with Crippen molar-refractivity contribution in [3.8, 4) is 0 Å². The Labute approximate surface area is 120 Å². The van der Waals surface area contributed by atoms with E-state index in [9.17, 15) is 8.76 Å². The molecule has 1 unspecified atom stereocenters. The molecule has 1 atom stereocenters. The van der Waals surface area contributed by atoms with Gasteiger partial charge in [-0.2, -0.15) is 0 Å². The van der Waals surface area contributed by atoms with Gasteiger partial charge >= 0.3 is 0 Å². The summed E-state index contributed by atoms with van der Waals surface area (Å²) in [7, 11) is 0. The van der Waals surface area contributed by atoms with Gasteiger partial charge in [0.25, 0.3) is 0 Å². The molecule has 2 aromatic rings. The molecule has 20 heavy (non-hydrogen) atoms. The van der Waals surface area contributed by atoms with Crippen LogP contribution in [0.5, 0.6) is 0 Å². The van der Waals surface area contributed by atoms with Gasteiger partial charge in [-0.1, -0.05) is 24.3 Å². The van der Waals surface area contributed by atoms with Crippen LogP contribution < -0.4 is 10.6 Å².